The summed E-state index contributed by atoms with van der Waals surface area (Å²) < 4.78 is 11.5. The summed E-state index contributed by atoms with van der Waals surface area (Å²) in [4.78, 5) is 18.8. The van der Waals surface area contributed by atoms with Crippen LogP contribution in [0.25, 0.3) is 21.8 Å². The smallest absolute Gasteiger partial charge is 0.323 e. The fourth-order valence-corrected chi connectivity index (χ4v) is 7.25. The Morgan fingerprint density at radius 2 is 1.33 bits per heavy atom. The number of anilines is 3. The van der Waals surface area contributed by atoms with Gasteiger partial charge in [-0.05, 0) is 61.7 Å². The van der Waals surface area contributed by atoms with E-state index in [2.05, 4.69) is 62.7 Å². The molecule has 0 spiro atoms. The van der Waals surface area contributed by atoms with Crippen molar-refractivity contribution < 1.29 is 14.5 Å². The maximum Gasteiger partial charge on any atom is 0.323 e. The van der Waals surface area contributed by atoms with Crippen LogP contribution in [0.2, 0.25) is 0 Å². The van der Waals surface area contributed by atoms with Crippen LogP contribution in [-0.2, 0) is 0 Å². The molecule has 0 amide bonds. The zero-order valence-electron chi connectivity index (χ0n) is 25.4. The molecule has 1 aliphatic carbocycles. The van der Waals surface area contributed by atoms with E-state index in [1.807, 2.05) is 12.1 Å². The number of hydrogen-bond acceptors (Lipinski definition) is 7. The zero-order valence-corrected chi connectivity index (χ0v) is 25.4. The third-order valence-electron chi connectivity index (χ3n) is 9.49. The first-order valence-electron chi connectivity index (χ1n) is 16.0. The Hall–Kier alpha value is -4.07. The van der Waals surface area contributed by atoms with Crippen LogP contribution in [0.3, 0.4) is 0 Å². The highest BCUT2D eigenvalue weighted by Gasteiger charge is 2.27. The highest BCUT2D eigenvalue weighted by molar-refractivity contribution is 5.97. The van der Waals surface area contributed by atoms with Crippen molar-refractivity contribution >= 4 is 51.0 Å². The van der Waals surface area contributed by atoms with Gasteiger partial charge < -0.3 is 24.6 Å². The molecular formula is C35H43N6O2+. The van der Waals surface area contributed by atoms with Gasteiger partial charge in [0.15, 0.2) is 5.75 Å². The van der Waals surface area contributed by atoms with Gasteiger partial charge in [0.2, 0.25) is 5.52 Å². The molecule has 2 atom stereocenters. The van der Waals surface area contributed by atoms with E-state index in [0.717, 1.165) is 84.0 Å². The second-order valence-electron chi connectivity index (χ2n) is 12.2. The van der Waals surface area contributed by atoms with E-state index in [-0.39, 0.29) is 6.04 Å². The van der Waals surface area contributed by atoms with Gasteiger partial charge >= 0.3 is 5.82 Å². The second-order valence-corrected chi connectivity index (χ2v) is 12.2. The number of hydrogen-bond donors (Lipinski definition) is 2. The molecule has 7 rings (SSSR count). The number of nitrogens with zero attached hydrogens (tertiary/aromatic N) is 4. The number of fused-ring (bicyclic) bond motifs is 2. The van der Waals surface area contributed by atoms with Gasteiger partial charge in [0.1, 0.15) is 17.1 Å². The van der Waals surface area contributed by atoms with E-state index in [1.54, 1.807) is 14.2 Å². The predicted molar refractivity (Wildman–Crippen MR) is 176 cm³/mol. The molecule has 4 aromatic rings. The van der Waals surface area contributed by atoms with Crippen molar-refractivity contribution in [3.8, 4) is 11.5 Å². The molecule has 1 saturated carbocycles. The minimum atomic E-state index is 0.278. The molecule has 4 heterocycles. The van der Waals surface area contributed by atoms with Crippen molar-refractivity contribution in [2.45, 2.75) is 57.4 Å². The third-order valence-corrected chi connectivity index (χ3v) is 9.49. The maximum absolute atomic E-state index is 5.75. The van der Waals surface area contributed by atoms with Gasteiger partial charge in [0.05, 0.1) is 37.6 Å². The van der Waals surface area contributed by atoms with Gasteiger partial charge in [0.25, 0.3) is 0 Å². The number of aromatic nitrogens is 2. The maximum atomic E-state index is 5.75. The quantitative estimate of drug-likeness (QED) is 0.269. The lowest BCUT2D eigenvalue weighted by Crippen LogP contribution is -2.64. The Kier molecular flexibility index (Phi) is 7.92. The van der Waals surface area contributed by atoms with Gasteiger partial charge in [-0.15, -0.1) is 0 Å². The molecule has 2 aromatic carbocycles. The fourth-order valence-electron chi connectivity index (χ4n) is 7.25. The van der Waals surface area contributed by atoms with Crippen LogP contribution >= 0.6 is 0 Å². The van der Waals surface area contributed by atoms with Gasteiger partial charge in [-0.2, -0.15) is 0 Å². The first-order valence-corrected chi connectivity index (χ1v) is 16.0. The molecular weight excluding hydrogens is 536 g/mol. The SMILES string of the molecule is COc1cccc2c(N3CCCC3)cc(N[C@@H]3CCCCC3C=[NH+]c3cc(N4CCCC4)c4cccc(OC)c4n3)nc12. The summed E-state index contributed by atoms with van der Waals surface area (Å²) in [6.45, 7) is 4.33. The zero-order chi connectivity index (χ0) is 29.2. The number of benzene rings is 2. The van der Waals surface area contributed by atoms with Crippen LogP contribution < -0.4 is 29.6 Å². The lowest BCUT2D eigenvalue weighted by molar-refractivity contribution is -0.356. The largest absolute Gasteiger partial charge is 0.494 e. The molecule has 3 aliphatic rings. The summed E-state index contributed by atoms with van der Waals surface area (Å²) in [5, 5.41) is 6.17. The van der Waals surface area contributed by atoms with E-state index in [1.165, 1.54) is 49.9 Å². The summed E-state index contributed by atoms with van der Waals surface area (Å²) in [5.41, 5.74) is 4.32. The van der Waals surface area contributed by atoms with Crippen LogP contribution in [0.5, 0.6) is 11.5 Å². The van der Waals surface area contributed by atoms with Crippen LogP contribution in [0, 0.1) is 5.92 Å². The lowest BCUT2D eigenvalue weighted by atomic mass is 9.85. The average molecular weight is 580 g/mol. The van der Waals surface area contributed by atoms with Crippen molar-refractivity contribution in [1.29, 1.82) is 0 Å². The fraction of sp³-hybridized carbons (Fsp3) is 0.457. The van der Waals surface area contributed by atoms with E-state index in [0.29, 0.717) is 5.92 Å². The number of ether oxygens (including phenoxy) is 2. The van der Waals surface area contributed by atoms with Crippen molar-refractivity contribution in [2.24, 2.45) is 5.92 Å². The Balaban J connectivity index is 1.20. The highest BCUT2D eigenvalue weighted by atomic mass is 16.5. The van der Waals surface area contributed by atoms with Crippen LogP contribution in [-0.4, -0.2) is 62.6 Å². The Morgan fingerprint density at radius 3 is 1.95 bits per heavy atom. The van der Waals surface area contributed by atoms with Gasteiger partial charge in [0, 0.05) is 55.3 Å². The average Bonchev–Trinajstić information content (AvgIpc) is 3.79. The summed E-state index contributed by atoms with van der Waals surface area (Å²) in [6.07, 6.45) is 11.8. The van der Waals surface area contributed by atoms with Crippen molar-refractivity contribution in [1.82, 2.24) is 9.97 Å². The monoisotopic (exact) mass is 579 g/mol. The molecule has 2 aromatic heterocycles. The van der Waals surface area contributed by atoms with Crippen LogP contribution in [0.15, 0.2) is 48.5 Å². The minimum Gasteiger partial charge on any atom is -0.494 e. The first kappa shape index (κ1) is 27.7. The predicted octanol–water partition coefficient (Wildman–Crippen LogP) is 5.45. The minimum absolute atomic E-state index is 0.278. The van der Waals surface area contributed by atoms with E-state index < -0.39 is 0 Å². The summed E-state index contributed by atoms with van der Waals surface area (Å²) in [5.74, 6) is 3.76. The number of para-hydroxylation sites is 2. The Bertz CT molecular complexity index is 1630. The highest BCUT2D eigenvalue weighted by Crippen LogP contribution is 2.37. The third kappa shape index (κ3) is 5.55. The molecule has 43 heavy (non-hydrogen) atoms. The molecule has 2 N–H and O–H groups in total. The molecule has 224 valence electrons. The standard InChI is InChI=1S/C35H42N6O2/c1-42-30-15-9-12-25-28(40-17-5-6-18-40)21-32(38-34(25)30)36-23-24-11-3-4-14-27(24)37-33-22-29(41-19-7-8-20-41)26-13-10-16-31(43-2)35(26)39-33/h9-10,12-13,15-16,21-24,27H,3-8,11,14,17-20H2,1-2H3,(H,37,39)/p+1/t24?,27-/m1/s1. The molecule has 8 heteroatoms. The molecule has 8 nitrogen and oxygen atoms in total. The van der Waals surface area contributed by atoms with Gasteiger partial charge in [-0.25, -0.2) is 9.98 Å². The number of pyridine rings is 2. The van der Waals surface area contributed by atoms with E-state index >= 15 is 0 Å². The Morgan fingerprint density at radius 1 is 0.744 bits per heavy atom. The Labute approximate surface area is 254 Å². The molecule has 2 aliphatic heterocycles. The van der Waals surface area contributed by atoms with Crippen LogP contribution in [0.1, 0.15) is 51.4 Å². The summed E-state index contributed by atoms with van der Waals surface area (Å²) in [7, 11) is 3.46. The summed E-state index contributed by atoms with van der Waals surface area (Å²) >= 11 is 0. The number of nitrogens with one attached hydrogen (secondary N) is 2. The van der Waals surface area contributed by atoms with E-state index in [9.17, 15) is 0 Å². The number of rotatable bonds is 8. The van der Waals surface area contributed by atoms with Crippen molar-refractivity contribution in [2.75, 3.05) is 55.5 Å². The lowest BCUT2D eigenvalue weighted by Gasteiger charge is -2.30. The molecule has 2 saturated heterocycles. The van der Waals surface area contributed by atoms with Gasteiger partial charge in [-0.1, -0.05) is 31.0 Å². The summed E-state index contributed by atoms with van der Waals surface area (Å²) in [6, 6.07) is 17.2. The second kappa shape index (κ2) is 12.3. The topological polar surface area (TPSA) is 76.7 Å². The van der Waals surface area contributed by atoms with E-state index in [4.69, 9.17) is 19.4 Å². The van der Waals surface area contributed by atoms with Crippen LogP contribution in [0.4, 0.5) is 23.0 Å². The molecule has 1 unspecified atom stereocenters. The molecule has 0 radical (unpaired) electrons. The molecule has 3 fully saturated rings. The molecule has 0 bridgehead atoms. The van der Waals surface area contributed by atoms with Crippen molar-refractivity contribution in [3.63, 3.8) is 0 Å². The first-order chi connectivity index (χ1) is 21.2. The number of methoxy groups -OCH3 is 2. The van der Waals surface area contributed by atoms with Gasteiger partial charge in [-0.3, -0.25) is 0 Å². The normalized spacial score (nSPS) is 20.9. The van der Waals surface area contributed by atoms with Crippen molar-refractivity contribution in [3.05, 3.63) is 48.5 Å².